The van der Waals surface area contributed by atoms with Gasteiger partial charge in [0, 0.05) is 24.1 Å². The highest BCUT2D eigenvalue weighted by atomic mass is 19.1. The van der Waals surface area contributed by atoms with E-state index in [9.17, 15) is 9.18 Å². The molecule has 2 rings (SSSR count). The molecule has 0 radical (unpaired) electrons. The molecule has 0 atom stereocenters. The maximum absolute atomic E-state index is 12.9. The van der Waals surface area contributed by atoms with Crippen LogP contribution >= 0.6 is 0 Å². The number of rotatable bonds is 7. The Morgan fingerprint density at radius 3 is 2.61 bits per heavy atom. The van der Waals surface area contributed by atoms with Crippen LogP contribution in [0.2, 0.25) is 0 Å². The summed E-state index contributed by atoms with van der Waals surface area (Å²) < 4.78 is 12.9. The zero-order valence-electron chi connectivity index (χ0n) is 13.3. The second-order valence-corrected chi connectivity index (χ2v) is 5.47. The molecular weight excluding hydrogens is 295 g/mol. The zero-order chi connectivity index (χ0) is 16.7. The molecule has 0 aliphatic carbocycles. The van der Waals surface area contributed by atoms with Gasteiger partial charge in [-0.25, -0.2) is 4.39 Å². The van der Waals surface area contributed by atoms with E-state index in [0.717, 1.165) is 24.3 Å². The number of hydrogen-bond acceptors (Lipinski definition) is 4. The number of anilines is 2. The summed E-state index contributed by atoms with van der Waals surface area (Å²) in [6.45, 7) is 1.52. The highest BCUT2D eigenvalue weighted by Gasteiger charge is 2.07. The van der Waals surface area contributed by atoms with Crippen LogP contribution in [-0.4, -0.2) is 43.0 Å². The number of nitrogens with zero attached hydrogens (tertiary/aromatic N) is 2. The Hall–Kier alpha value is -2.47. The molecule has 0 fully saturated rings. The van der Waals surface area contributed by atoms with Crippen molar-refractivity contribution in [3.05, 3.63) is 54.1 Å². The summed E-state index contributed by atoms with van der Waals surface area (Å²) >= 11 is 0. The number of hydrogen-bond donors (Lipinski definition) is 2. The van der Waals surface area contributed by atoms with E-state index in [1.807, 2.05) is 14.1 Å². The molecule has 1 aromatic heterocycles. The first-order valence-corrected chi connectivity index (χ1v) is 7.46. The summed E-state index contributed by atoms with van der Waals surface area (Å²) in [7, 11) is 3.99. The predicted molar refractivity (Wildman–Crippen MR) is 89.4 cm³/mol. The monoisotopic (exact) mass is 316 g/mol. The SMILES string of the molecule is CN(C)CCCNC(=O)c1cc(Nc2ccc(F)cc2)ccn1. The van der Waals surface area contributed by atoms with Crippen molar-refractivity contribution in [2.75, 3.05) is 32.5 Å². The minimum atomic E-state index is -0.289. The molecule has 2 aromatic rings. The number of nitrogens with one attached hydrogen (secondary N) is 2. The molecule has 0 aliphatic heterocycles. The normalized spacial score (nSPS) is 10.6. The number of benzene rings is 1. The molecule has 6 heteroatoms. The first-order chi connectivity index (χ1) is 11.0. The van der Waals surface area contributed by atoms with E-state index in [1.54, 1.807) is 30.5 Å². The van der Waals surface area contributed by atoms with Crippen molar-refractivity contribution in [1.82, 2.24) is 15.2 Å². The van der Waals surface area contributed by atoms with Gasteiger partial charge in [0.2, 0.25) is 0 Å². The van der Waals surface area contributed by atoms with Gasteiger partial charge in [0.05, 0.1) is 0 Å². The molecule has 0 saturated heterocycles. The molecular formula is C17H21FN4O. The van der Waals surface area contributed by atoms with Crippen molar-refractivity contribution < 1.29 is 9.18 Å². The largest absolute Gasteiger partial charge is 0.355 e. The van der Waals surface area contributed by atoms with Gasteiger partial charge in [-0.05, 0) is 63.5 Å². The van der Waals surface area contributed by atoms with Gasteiger partial charge in [0.1, 0.15) is 11.5 Å². The summed E-state index contributed by atoms with van der Waals surface area (Å²) in [6.07, 6.45) is 2.45. The molecule has 1 heterocycles. The summed E-state index contributed by atoms with van der Waals surface area (Å²) in [6, 6.07) is 9.45. The summed E-state index contributed by atoms with van der Waals surface area (Å²) in [5.74, 6) is -0.491. The molecule has 1 amide bonds. The van der Waals surface area contributed by atoms with E-state index in [4.69, 9.17) is 0 Å². The first-order valence-electron chi connectivity index (χ1n) is 7.46. The highest BCUT2D eigenvalue weighted by molar-refractivity contribution is 5.93. The van der Waals surface area contributed by atoms with Gasteiger partial charge in [-0.3, -0.25) is 9.78 Å². The van der Waals surface area contributed by atoms with E-state index < -0.39 is 0 Å². The Morgan fingerprint density at radius 1 is 1.17 bits per heavy atom. The van der Waals surface area contributed by atoms with Crippen LogP contribution in [0.25, 0.3) is 0 Å². The van der Waals surface area contributed by atoms with E-state index >= 15 is 0 Å². The Labute approximate surface area is 135 Å². The standard InChI is InChI=1S/C17H21FN4O/c1-22(2)11-3-9-20-17(23)16-12-15(8-10-19-16)21-14-6-4-13(18)5-7-14/h4-8,10,12H,3,9,11H2,1-2H3,(H,19,21)(H,20,23). The summed E-state index contributed by atoms with van der Waals surface area (Å²) in [5, 5.41) is 5.96. The van der Waals surface area contributed by atoms with E-state index in [-0.39, 0.29) is 11.7 Å². The molecule has 5 nitrogen and oxygen atoms in total. The first kappa shape index (κ1) is 16.9. The minimum Gasteiger partial charge on any atom is -0.355 e. The van der Waals surface area contributed by atoms with Crippen molar-refractivity contribution in [3.63, 3.8) is 0 Å². The van der Waals surface area contributed by atoms with Crippen LogP contribution in [0.1, 0.15) is 16.9 Å². The summed E-state index contributed by atoms with van der Waals surface area (Å²) in [4.78, 5) is 18.2. The second-order valence-electron chi connectivity index (χ2n) is 5.47. The lowest BCUT2D eigenvalue weighted by Crippen LogP contribution is -2.27. The fraction of sp³-hybridized carbons (Fsp3) is 0.294. The van der Waals surface area contributed by atoms with Gasteiger partial charge < -0.3 is 15.5 Å². The van der Waals surface area contributed by atoms with Crippen LogP contribution in [0.4, 0.5) is 15.8 Å². The Morgan fingerprint density at radius 2 is 1.91 bits per heavy atom. The van der Waals surface area contributed by atoms with Crippen molar-refractivity contribution in [1.29, 1.82) is 0 Å². The van der Waals surface area contributed by atoms with Crippen molar-refractivity contribution >= 4 is 17.3 Å². The number of aromatic nitrogens is 1. The average Bonchev–Trinajstić information content (AvgIpc) is 2.54. The lowest BCUT2D eigenvalue weighted by Gasteiger charge is -2.10. The third kappa shape index (κ3) is 5.67. The summed E-state index contributed by atoms with van der Waals surface area (Å²) in [5.41, 5.74) is 1.82. The molecule has 0 saturated carbocycles. The van der Waals surface area contributed by atoms with Gasteiger partial charge >= 0.3 is 0 Å². The van der Waals surface area contributed by atoms with E-state index in [2.05, 4.69) is 20.5 Å². The third-order valence-electron chi connectivity index (χ3n) is 3.19. The number of pyridine rings is 1. The number of amides is 1. The second kappa shape index (κ2) is 8.24. The van der Waals surface area contributed by atoms with Crippen molar-refractivity contribution in [2.24, 2.45) is 0 Å². The third-order valence-corrected chi connectivity index (χ3v) is 3.19. The maximum Gasteiger partial charge on any atom is 0.269 e. The van der Waals surface area contributed by atoms with Crippen molar-refractivity contribution in [3.8, 4) is 0 Å². The smallest absolute Gasteiger partial charge is 0.269 e. The fourth-order valence-electron chi connectivity index (χ4n) is 2.02. The topological polar surface area (TPSA) is 57.3 Å². The van der Waals surface area contributed by atoms with Gasteiger partial charge in [-0.1, -0.05) is 0 Å². The fourth-order valence-corrected chi connectivity index (χ4v) is 2.02. The Balaban J connectivity index is 1.93. The van der Waals surface area contributed by atoms with Crippen LogP contribution in [0.3, 0.4) is 0 Å². The van der Waals surface area contributed by atoms with E-state index in [0.29, 0.717) is 12.2 Å². The molecule has 1 aromatic carbocycles. The molecule has 0 spiro atoms. The molecule has 0 aliphatic rings. The van der Waals surface area contributed by atoms with Crippen LogP contribution in [-0.2, 0) is 0 Å². The molecule has 2 N–H and O–H groups in total. The maximum atomic E-state index is 12.9. The van der Waals surface area contributed by atoms with Crippen LogP contribution < -0.4 is 10.6 Å². The molecule has 0 bridgehead atoms. The predicted octanol–water partition coefficient (Wildman–Crippen LogP) is 2.65. The Bertz CT molecular complexity index is 643. The average molecular weight is 316 g/mol. The lowest BCUT2D eigenvalue weighted by atomic mass is 10.2. The number of carbonyl (C=O) groups excluding carboxylic acids is 1. The molecule has 122 valence electrons. The van der Waals surface area contributed by atoms with Crippen LogP contribution in [0.5, 0.6) is 0 Å². The lowest BCUT2D eigenvalue weighted by molar-refractivity contribution is 0.0947. The van der Waals surface area contributed by atoms with Crippen LogP contribution in [0, 0.1) is 5.82 Å². The van der Waals surface area contributed by atoms with Gasteiger partial charge in [-0.2, -0.15) is 0 Å². The van der Waals surface area contributed by atoms with Gasteiger partial charge in [0.25, 0.3) is 5.91 Å². The minimum absolute atomic E-state index is 0.202. The highest BCUT2D eigenvalue weighted by Crippen LogP contribution is 2.17. The van der Waals surface area contributed by atoms with Crippen molar-refractivity contribution in [2.45, 2.75) is 6.42 Å². The zero-order valence-corrected chi connectivity index (χ0v) is 13.3. The number of halogens is 1. The quantitative estimate of drug-likeness (QED) is 0.771. The Kier molecular flexibility index (Phi) is 6.05. The van der Waals surface area contributed by atoms with Crippen LogP contribution in [0.15, 0.2) is 42.6 Å². The van der Waals surface area contributed by atoms with Gasteiger partial charge in [-0.15, -0.1) is 0 Å². The molecule has 23 heavy (non-hydrogen) atoms. The number of carbonyl (C=O) groups is 1. The molecule has 0 unspecified atom stereocenters. The van der Waals surface area contributed by atoms with Gasteiger partial charge in [0.15, 0.2) is 0 Å². The van der Waals surface area contributed by atoms with E-state index in [1.165, 1.54) is 12.1 Å².